The Morgan fingerprint density at radius 3 is 2.60 bits per heavy atom. The Labute approximate surface area is 233 Å². The summed E-state index contributed by atoms with van der Waals surface area (Å²) in [5.74, 6) is 0.340. The number of rotatable bonds is 10. The van der Waals surface area contributed by atoms with Gasteiger partial charge >= 0.3 is 0 Å². The molecule has 208 valence electrons. The number of halogens is 1. The van der Waals surface area contributed by atoms with Crippen LogP contribution in [-0.2, 0) is 10.0 Å². The van der Waals surface area contributed by atoms with Crippen molar-refractivity contribution in [2.24, 2.45) is 0 Å². The first-order valence-electron chi connectivity index (χ1n) is 12.1. The number of methoxy groups -OCH3 is 1. The number of sulfonamides is 1. The summed E-state index contributed by atoms with van der Waals surface area (Å²) in [6, 6.07) is 11.6. The van der Waals surface area contributed by atoms with Crippen LogP contribution in [0, 0.1) is 12.7 Å². The fourth-order valence-corrected chi connectivity index (χ4v) is 6.20. The molecule has 0 bridgehead atoms. The molecule has 40 heavy (non-hydrogen) atoms. The molecule has 5 rings (SSSR count). The van der Waals surface area contributed by atoms with Gasteiger partial charge in [-0.25, -0.2) is 32.5 Å². The van der Waals surface area contributed by atoms with Crippen LogP contribution in [0.5, 0.6) is 11.6 Å². The molecule has 0 aliphatic rings. The van der Waals surface area contributed by atoms with Crippen LogP contribution in [0.25, 0.3) is 31.8 Å². The Morgan fingerprint density at radius 2 is 1.88 bits per heavy atom. The highest BCUT2D eigenvalue weighted by molar-refractivity contribution is 7.89. The number of aliphatic hydroxyl groups excluding tert-OH is 2. The van der Waals surface area contributed by atoms with E-state index in [9.17, 15) is 23.0 Å². The largest absolute Gasteiger partial charge is 0.492 e. The van der Waals surface area contributed by atoms with Gasteiger partial charge in [-0.15, -0.1) is 11.3 Å². The van der Waals surface area contributed by atoms with Crippen LogP contribution in [-0.4, -0.2) is 60.5 Å². The molecule has 0 aliphatic heterocycles. The Kier molecular flexibility index (Phi) is 7.92. The minimum Gasteiger partial charge on any atom is -0.492 e. The zero-order chi connectivity index (χ0) is 28.4. The molecule has 2 aromatic heterocycles. The van der Waals surface area contributed by atoms with Crippen LogP contribution in [0.15, 0.2) is 59.6 Å². The molecule has 1 atom stereocenters. The van der Waals surface area contributed by atoms with Crippen LogP contribution in [0.3, 0.4) is 0 Å². The van der Waals surface area contributed by atoms with Gasteiger partial charge in [0.2, 0.25) is 15.9 Å². The molecule has 0 radical (unpaired) electrons. The van der Waals surface area contributed by atoms with Gasteiger partial charge in [0.1, 0.15) is 29.3 Å². The molecule has 0 saturated carbocycles. The molecular formula is C27H25FN4O6S2. The number of thiazole rings is 1. The molecule has 3 aromatic carbocycles. The molecule has 13 heteroatoms. The van der Waals surface area contributed by atoms with E-state index in [-0.39, 0.29) is 18.0 Å². The predicted molar refractivity (Wildman–Crippen MR) is 149 cm³/mol. The van der Waals surface area contributed by atoms with E-state index in [1.807, 2.05) is 19.1 Å². The van der Waals surface area contributed by atoms with Crippen molar-refractivity contribution in [3.05, 3.63) is 71.7 Å². The van der Waals surface area contributed by atoms with Gasteiger partial charge in [-0.3, -0.25) is 0 Å². The second-order valence-corrected chi connectivity index (χ2v) is 11.7. The molecule has 1 unspecified atom stereocenters. The van der Waals surface area contributed by atoms with Crippen molar-refractivity contribution >= 4 is 42.6 Å². The number of benzene rings is 3. The van der Waals surface area contributed by atoms with Crippen molar-refractivity contribution in [2.45, 2.75) is 17.9 Å². The number of fused-ring (bicyclic) bond motifs is 2. The van der Waals surface area contributed by atoms with E-state index in [2.05, 4.69) is 14.7 Å². The quantitative estimate of drug-likeness (QED) is 0.209. The van der Waals surface area contributed by atoms with E-state index in [4.69, 9.17) is 14.5 Å². The van der Waals surface area contributed by atoms with Gasteiger partial charge < -0.3 is 19.7 Å². The van der Waals surface area contributed by atoms with Crippen LogP contribution >= 0.6 is 11.3 Å². The topological polar surface area (TPSA) is 144 Å². The summed E-state index contributed by atoms with van der Waals surface area (Å²) >= 11 is 1.40. The predicted octanol–water partition coefficient (Wildman–Crippen LogP) is 3.75. The molecule has 2 heterocycles. The Hall–Kier alpha value is -3.75. The van der Waals surface area contributed by atoms with Crippen molar-refractivity contribution in [3.8, 4) is 22.2 Å². The average Bonchev–Trinajstić information content (AvgIpc) is 3.39. The molecule has 5 aromatic rings. The zero-order valence-electron chi connectivity index (χ0n) is 21.5. The SMILES string of the molecule is COc1cnc2c(-c3nc4c(C)cc(OCCNS(=O)(=O)c5ccc(F)cc5)cc4s3)cc(C(O)CO)cc2n1. The lowest BCUT2D eigenvalue weighted by atomic mass is 10.0. The summed E-state index contributed by atoms with van der Waals surface area (Å²) in [5, 5.41) is 20.5. The fraction of sp³-hybridized carbons (Fsp3) is 0.222. The highest BCUT2D eigenvalue weighted by atomic mass is 32.2. The molecule has 0 amide bonds. The second kappa shape index (κ2) is 11.4. The number of nitrogens with one attached hydrogen (secondary N) is 1. The smallest absolute Gasteiger partial charge is 0.240 e. The zero-order valence-corrected chi connectivity index (χ0v) is 23.1. The Bertz CT molecular complexity index is 1800. The molecule has 0 spiro atoms. The monoisotopic (exact) mass is 584 g/mol. The van der Waals surface area contributed by atoms with E-state index in [0.717, 1.165) is 27.9 Å². The lowest BCUT2D eigenvalue weighted by molar-refractivity contribution is 0.0957. The Balaban J connectivity index is 1.39. The van der Waals surface area contributed by atoms with E-state index in [1.165, 1.54) is 36.8 Å². The fourth-order valence-electron chi connectivity index (χ4n) is 4.09. The standard InChI is InChI=1S/C27H25FN4O6S2/c1-15-9-18(38-8-7-30-40(35,36)19-5-3-17(28)4-6-19)12-23-25(15)32-27(39-23)20-10-16(22(34)14-33)11-21-26(20)29-13-24(31-21)37-2/h3-6,9-13,22,30,33-34H,7-8,14H2,1-2H3. The summed E-state index contributed by atoms with van der Waals surface area (Å²) in [6.45, 7) is 1.52. The summed E-state index contributed by atoms with van der Waals surface area (Å²) in [6.07, 6.45) is 0.399. The number of aliphatic hydroxyl groups is 2. The third kappa shape index (κ3) is 5.74. The first kappa shape index (κ1) is 27.8. The Morgan fingerprint density at radius 1 is 1.10 bits per heavy atom. The van der Waals surface area contributed by atoms with Gasteiger partial charge in [-0.2, -0.15) is 0 Å². The number of nitrogens with zero attached hydrogens (tertiary/aromatic N) is 3. The van der Waals surface area contributed by atoms with E-state index < -0.39 is 28.6 Å². The molecule has 10 nitrogen and oxygen atoms in total. The van der Waals surface area contributed by atoms with Crippen molar-refractivity contribution in [2.75, 3.05) is 26.9 Å². The normalized spacial score (nSPS) is 12.6. The lowest BCUT2D eigenvalue weighted by Crippen LogP contribution is -2.28. The van der Waals surface area contributed by atoms with Crippen molar-refractivity contribution in [3.63, 3.8) is 0 Å². The van der Waals surface area contributed by atoms with Gasteiger partial charge in [0.05, 0.1) is 46.1 Å². The van der Waals surface area contributed by atoms with Gasteiger partial charge in [-0.05, 0) is 66.6 Å². The van der Waals surface area contributed by atoms with Crippen LogP contribution in [0.2, 0.25) is 0 Å². The highest BCUT2D eigenvalue weighted by Crippen LogP contribution is 2.38. The van der Waals surface area contributed by atoms with Gasteiger partial charge in [-0.1, -0.05) is 0 Å². The number of aryl methyl sites for hydroxylation is 1. The minimum atomic E-state index is -3.79. The number of ether oxygens (including phenoxy) is 2. The molecule has 0 saturated heterocycles. The van der Waals surface area contributed by atoms with Crippen LogP contribution in [0.1, 0.15) is 17.2 Å². The maximum Gasteiger partial charge on any atom is 0.240 e. The second-order valence-electron chi connectivity index (χ2n) is 8.85. The highest BCUT2D eigenvalue weighted by Gasteiger charge is 2.19. The van der Waals surface area contributed by atoms with Crippen LogP contribution in [0.4, 0.5) is 4.39 Å². The average molecular weight is 585 g/mol. The molecule has 0 aliphatic carbocycles. The number of hydrogen-bond acceptors (Lipinski definition) is 10. The van der Waals surface area contributed by atoms with Gasteiger partial charge in [0, 0.05) is 12.1 Å². The molecule has 3 N–H and O–H groups in total. The van der Waals surface area contributed by atoms with Gasteiger partial charge in [0.15, 0.2) is 0 Å². The maximum atomic E-state index is 13.1. The summed E-state index contributed by atoms with van der Waals surface area (Å²) in [4.78, 5) is 13.7. The van der Waals surface area contributed by atoms with Crippen molar-refractivity contribution in [1.82, 2.24) is 19.7 Å². The van der Waals surface area contributed by atoms with Crippen molar-refractivity contribution < 1.29 is 32.5 Å². The third-order valence-corrected chi connectivity index (χ3v) is 8.60. The summed E-state index contributed by atoms with van der Waals surface area (Å²) < 4.78 is 52.2. The third-order valence-electron chi connectivity index (χ3n) is 6.09. The van der Waals surface area contributed by atoms with E-state index >= 15 is 0 Å². The van der Waals surface area contributed by atoms with Crippen LogP contribution < -0.4 is 14.2 Å². The van der Waals surface area contributed by atoms with Gasteiger partial charge in [0.25, 0.3) is 0 Å². The first-order valence-corrected chi connectivity index (χ1v) is 14.4. The minimum absolute atomic E-state index is 0.0127. The summed E-state index contributed by atoms with van der Waals surface area (Å²) in [7, 11) is -2.31. The molecular weight excluding hydrogens is 559 g/mol. The van der Waals surface area contributed by atoms with Crippen molar-refractivity contribution in [1.29, 1.82) is 0 Å². The number of hydrogen-bond donors (Lipinski definition) is 3. The summed E-state index contributed by atoms with van der Waals surface area (Å²) in [5.41, 5.74) is 3.78. The van der Waals surface area contributed by atoms with E-state index in [0.29, 0.717) is 38.8 Å². The molecule has 0 fully saturated rings. The van der Waals surface area contributed by atoms with E-state index in [1.54, 1.807) is 12.1 Å². The lowest BCUT2D eigenvalue weighted by Gasteiger charge is -2.11. The maximum absolute atomic E-state index is 13.1. The first-order chi connectivity index (χ1) is 19.2. The number of aromatic nitrogens is 3.